The van der Waals surface area contributed by atoms with Gasteiger partial charge < -0.3 is 5.32 Å². The average Bonchev–Trinajstić information content (AvgIpc) is 3.22. The molecule has 1 amide bonds. The number of carbonyl (C=O) groups is 2. The van der Waals surface area contributed by atoms with Crippen LogP contribution in [0.25, 0.3) is 10.9 Å². The van der Waals surface area contributed by atoms with Crippen LogP contribution in [-0.4, -0.2) is 31.0 Å². The maximum atomic E-state index is 14.3. The number of amides is 1. The molecule has 0 saturated heterocycles. The molecule has 3 aromatic carbocycles. The van der Waals surface area contributed by atoms with Gasteiger partial charge in [-0.2, -0.15) is 13.2 Å². The summed E-state index contributed by atoms with van der Waals surface area (Å²) in [5.41, 5.74) is 0.163. The summed E-state index contributed by atoms with van der Waals surface area (Å²) in [5, 5.41) is 1.73. The molecule has 1 aromatic heterocycles. The Labute approximate surface area is 196 Å². The number of para-hydroxylation sites is 1. The van der Waals surface area contributed by atoms with Crippen LogP contribution in [0.4, 0.5) is 17.6 Å². The van der Waals surface area contributed by atoms with Gasteiger partial charge in [0.05, 0.1) is 16.0 Å². The Bertz CT molecular complexity index is 1540. The predicted octanol–water partition coefficient (Wildman–Crippen LogP) is 4.48. The molecule has 0 fully saturated rings. The number of alkyl halides is 3. The number of nitrogens with one attached hydrogen (secondary N) is 1. The first-order valence-electron chi connectivity index (χ1n) is 10.1. The Morgan fingerprint density at radius 1 is 0.886 bits per heavy atom. The number of fused-ring (bicyclic) bond motifs is 1. The number of halogens is 4. The number of hydrogen-bond donors (Lipinski definition) is 1. The van der Waals surface area contributed by atoms with E-state index in [0.717, 1.165) is 22.8 Å². The van der Waals surface area contributed by atoms with E-state index in [1.54, 1.807) is 23.5 Å². The zero-order chi connectivity index (χ0) is 25.4. The van der Waals surface area contributed by atoms with E-state index in [4.69, 9.17) is 0 Å². The number of aromatic nitrogens is 1. The number of benzene rings is 3. The molecular weight excluding hydrogens is 488 g/mol. The number of nitrogens with zero attached hydrogens (tertiary/aromatic N) is 1. The van der Waals surface area contributed by atoms with Gasteiger partial charge in [-0.3, -0.25) is 14.2 Å². The summed E-state index contributed by atoms with van der Waals surface area (Å²) in [6, 6.07) is 17.7. The molecule has 0 saturated carbocycles. The van der Waals surface area contributed by atoms with Crippen molar-refractivity contribution in [2.75, 3.05) is 0 Å². The zero-order valence-corrected chi connectivity index (χ0v) is 18.5. The second kappa shape index (κ2) is 8.99. The molecule has 0 spiro atoms. The third-order valence-corrected chi connectivity index (χ3v) is 6.95. The van der Waals surface area contributed by atoms with Gasteiger partial charge in [-0.15, -0.1) is 0 Å². The van der Waals surface area contributed by atoms with Crippen LogP contribution in [0.3, 0.4) is 0 Å². The molecular formula is C24H16F4N2O4S. The largest absolute Gasteiger partial charge is 0.471 e. The summed E-state index contributed by atoms with van der Waals surface area (Å²) in [6.07, 6.45) is -5.04. The van der Waals surface area contributed by atoms with E-state index >= 15 is 0 Å². The van der Waals surface area contributed by atoms with Crippen LogP contribution < -0.4 is 5.32 Å². The molecule has 35 heavy (non-hydrogen) atoms. The SMILES string of the molecule is O=C(c1ccccc1F)n1c(S(=O)(=O)c2ccc(CNC(=O)C(F)(F)F)cc2)cc2ccccc21. The lowest BCUT2D eigenvalue weighted by atomic mass is 10.2. The number of sulfone groups is 1. The highest BCUT2D eigenvalue weighted by Crippen LogP contribution is 2.29. The Kier molecular flexibility index (Phi) is 6.20. The molecule has 1 heterocycles. The van der Waals surface area contributed by atoms with Crippen molar-refractivity contribution < 1.29 is 35.6 Å². The molecule has 6 nitrogen and oxygen atoms in total. The number of rotatable bonds is 5. The quantitative estimate of drug-likeness (QED) is 0.406. The van der Waals surface area contributed by atoms with Gasteiger partial charge in [0.1, 0.15) is 10.8 Å². The minimum atomic E-state index is -5.04. The summed E-state index contributed by atoms with van der Waals surface area (Å²) < 4.78 is 79.3. The van der Waals surface area contributed by atoms with Crippen molar-refractivity contribution in [3.8, 4) is 0 Å². The van der Waals surface area contributed by atoms with Crippen molar-refractivity contribution in [2.45, 2.75) is 22.6 Å². The first-order chi connectivity index (χ1) is 16.5. The normalized spacial score (nSPS) is 12.0. The van der Waals surface area contributed by atoms with Gasteiger partial charge in [-0.05, 0) is 42.0 Å². The van der Waals surface area contributed by atoms with E-state index in [-0.39, 0.29) is 21.5 Å². The van der Waals surface area contributed by atoms with Crippen LogP contribution >= 0.6 is 0 Å². The fraction of sp³-hybridized carbons (Fsp3) is 0.0833. The van der Waals surface area contributed by atoms with Gasteiger partial charge in [-0.25, -0.2) is 12.8 Å². The summed E-state index contributed by atoms with van der Waals surface area (Å²) in [5.74, 6) is -3.82. The fourth-order valence-corrected chi connectivity index (χ4v) is 4.92. The minimum Gasteiger partial charge on any atom is -0.344 e. The monoisotopic (exact) mass is 504 g/mol. The molecule has 0 unspecified atom stereocenters. The highest BCUT2D eigenvalue weighted by atomic mass is 32.2. The molecule has 0 aliphatic heterocycles. The molecule has 1 N–H and O–H groups in total. The second-order valence-electron chi connectivity index (χ2n) is 7.49. The van der Waals surface area contributed by atoms with E-state index in [9.17, 15) is 35.6 Å². The number of carbonyl (C=O) groups excluding carboxylic acids is 2. The van der Waals surface area contributed by atoms with E-state index in [2.05, 4.69) is 0 Å². The molecule has 11 heteroatoms. The van der Waals surface area contributed by atoms with Gasteiger partial charge in [0.2, 0.25) is 9.84 Å². The van der Waals surface area contributed by atoms with Crippen molar-refractivity contribution in [1.82, 2.24) is 9.88 Å². The van der Waals surface area contributed by atoms with Crippen molar-refractivity contribution in [3.05, 3.63) is 95.8 Å². The van der Waals surface area contributed by atoms with E-state index in [1.807, 2.05) is 0 Å². The Balaban J connectivity index is 1.74. The first kappa shape index (κ1) is 24.1. The summed E-state index contributed by atoms with van der Waals surface area (Å²) in [7, 11) is -4.32. The van der Waals surface area contributed by atoms with Crippen LogP contribution in [-0.2, 0) is 21.2 Å². The standard InChI is InChI=1S/C24H16F4N2O4S/c25-19-7-3-2-6-18(19)22(31)30-20-8-4-1-5-16(20)13-21(30)35(33,34)17-11-9-15(10-12-17)14-29-23(32)24(26,27)28/h1-13H,14H2,(H,29,32). The van der Waals surface area contributed by atoms with Gasteiger partial charge in [-0.1, -0.05) is 42.5 Å². The molecule has 4 rings (SSSR count). The van der Waals surface area contributed by atoms with Gasteiger partial charge in [0.25, 0.3) is 5.91 Å². The highest BCUT2D eigenvalue weighted by molar-refractivity contribution is 7.91. The lowest BCUT2D eigenvalue weighted by Crippen LogP contribution is -2.36. The minimum absolute atomic E-state index is 0.226. The van der Waals surface area contributed by atoms with E-state index in [0.29, 0.717) is 5.39 Å². The smallest absolute Gasteiger partial charge is 0.344 e. The Morgan fingerprint density at radius 2 is 1.51 bits per heavy atom. The molecule has 0 aliphatic rings. The van der Waals surface area contributed by atoms with Crippen molar-refractivity contribution in [2.24, 2.45) is 0 Å². The maximum absolute atomic E-state index is 14.3. The zero-order valence-electron chi connectivity index (χ0n) is 17.7. The molecule has 0 aliphatic carbocycles. The van der Waals surface area contributed by atoms with Crippen LogP contribution in [0.2, 0.25) is 0 Å². The highest BCUT2D eigenvalue weighted by Gasteiger charge is 2.38. The van der Waals surface area contributed by atoms with Gasteiger partial charge in [0.15, 0.2) is 0 Å². The summed E-state index contributed by atoms with van der Waals surface area (Å²) >= 11 is 0. The molecule has 0 atom stereocenters. The lowest BCUT2D eigenvalue weighted by molar-refractivity contribution is -0.173. The third kappa shape index (κ3) is 4.67. The molecule has 180 valence electrons. The predicted molar refractivity (Wildman–Crippen MR) is 118 cm³/mol. The summed E-state index contributed by atoms with van der Waals surface area (Å²) in [6.45, 7) is -0.468. The van der Waals surface area contributed by atoms with Crippen molar-refractivity contribution in [3.63, 3.8) is 0 Å². The van der Waals surface area contributed by atoms with Gasteiger partial charge in [0, 0.05) is 11.9 Å². The molecule has 0 bridgehead atoms. The Hall–Kier alpha value is -3.99. The van der Waals surface area contributed by atoms with Crippen LogP contribution in [0.15, 0.2) is 88.8 Å². The topological polar surface area (TPSA) is 85.2 Å². The molecule has 0 radical (unpaired) electrons. The second-order valence-corrected chi connectivity index (χ2v) is 9.39. The Morgan fingerprint density at radius 3 is 2.17 bits per heavy atom. The van der Waals surface area contributed by atoms with E-state index in [1.165, 1.54) is 42.5 Å². The van der Waals surface area contributed by atoms with Crippen molar-refractivity contribution in [1.29, 1.82) is 0 Å². The summed E-state index contributed by atoms with van der Waals surface area (Å²) in [4.78, 5) is 24.0. The third-order valence-electron chi connectivity index (χ3n) is 5.20. The van der Waals surface area contributed by atoms with Crippen LogP contribution in [0.5, 0.6) is 0 Å². The van der Waals surface area contributed by atoms with Crippen LogP contribution in [0.1, 0.15) is 15.9 Å². The van der Waals surface area contributed by atoms with Gasteiger partial charge >= 0.3 is 12.1 Å². The fourth-order valence-electron chi connectivity index (χ4n) is 3.48. The molecule has 4 aromatic rings. The lowest BCUT2D eigenvalue weighted by Gasteiger charge is -2.12. The average molecular weight is 504 g/mol. The van der Waals surface area contributed by atoms with Crippen molar-refractivity contribution >= 4 is 32.6 Å². The van der Waals surface area contributed by atoms with Crippen LogP contribution in [0, 0.1) is 5.82 Å². The first-order valence-corrected chi connectivity index (χ1v) is 11.6. The van der Waals surface area contributed by atoms with E-state index < -0.39 is 45.2 Å². The number of hydrogen-bond acceptors (Lipinski definition) is 4. The maximum Gasteiger partial charge on any atom is 0.471 e.